The van der Waals surface area contributed by atoms with Gasteiger partial charge in [0, 0.05) is 11.3 Å². The van der Waals surface area contributed by atoms with Gasteiger partial charge in [-0.15, -0.1) is 11.3 Å². The molecule has 0 spiro atoms. The number of hydrogen-bond acceptors (Lipinski definition) is 3. The first-order valence-electron chi connectivity index (χ1n) is 5.64. The number of anilines is 1. The van der Waals surface area contributed by atoms with Crippen LogP contribution in [-0.4, -0.2) is 12.5 Å². The van der Waals surface area contributed by atoms with Crippen LogP contribution >= 0.6 is 22.9 Å². The Bertz CT molecular complexity index is 703. The number of thiophene rings is 1. The lowest BCUT2D eigenvalue weighted by molar-refractivity contribution is 0.103. The quantitative estimate of drug-likeness (QED) is 0.838. The molecule has 0 bridgehead atoms. The van der Waals surface area contributed by atoms with Crippen molar-refractivity contribution < 1.29 is 9.18 Å². The van der Waals surface area contributed by atoms with Gasteiger partial charge in [-0.25, -0.2) is 4.39 Å². The number of amides is 1. The van der Waals surface area contributed by atoms with E-state index in [0.29, 0.717) is 16.1 Å². The monoisotopic (exact) mass is 308 g/mol. The number of hydrogen-bond donors (Lipinski definition) is 2. The molecule has 1 aromatic heterocycles. The van der Waals surface area contributed by atoms with Crippen LogP contribution in [0.5, 0.6) is 0 Å². The molecule has 6 heteroatoms. The molecular weight excluding hydrogens is 299 g/mol. The van der Waals surface area contributed by atoms with E-state index in [1.165, 1.54) is 29.5 Å². The van der Waals surface area contributed by atoms with Crippen molar-refractivity contribution in [2.75, 3.05) is 11.9 Å². The number of halogens is 2. The van der Waals surface area contributed by atoms with Crippen molar-refractivity contribution in [2.45, 2.75) is 0 Å². The van der Waals surface area contributed by atoms with Crippen molar-refractivity contribution >= 4 is 34.5 Å². The van der Waals surface area contributed by atoms with Gasteiger partial charge in [0.05, 0.1) is 11.6 Å². The molecule has 0 atom stereocenters. The van der Waals surface area contributed by atoms with Gasteiger partial charge in [-0.3, -0.25) is 4.79 Å². The zero-order valence-corrected chi connectivity index (χ0v) is 11.8. The average Bonchev–Trinajstić information content (AvgIpc) is 2.89. The van der Waals surface area contributed by atoms with Crippen molar-refractivity contribution in [3.63, 3.8) is 0 Å². The molecule has 1 heterocycles. The number of benzene rings is 1. The first kappa shape index (κ1) is 14.5. The van der Waals surface area contributed by atoms with Crippen LogP contribution < -0.4 is 11.1 Å². The van der Waals surface area contributed by atoms with E-state index in [1.807, 2.05) is 0 Å². The Hall–Kier alpha value is -1.87. The zero-order chi connectivity index (χ0) is 14.5. The molecule has 3 nitrogen and oxygen atoms in total. The fourth-order valence-corrected chi connectivity index (χ4v) is 2.42. The fourth-order valence-electron chi connectivity index (χ4n) is 1.49. The van der Waals surface area contributed by atoms with Crippen LogP contribution in [0.25, 0.3) is 0 Å². The molecule has 0 radical (unpaired) electrons. The van der Waals surface area contributed by atoms with Crippen LogP contribution in [0, 0.1) is 17.7 Å². The zero-order valence-electron chi connectivity index (χ0n) is 10.2. The molecule has 0 saturated heterocycles. The maximum Gasteiger partial charge on any atom is 0.267 e. The van der Waals surface area contributed by atoms with Gasteiger partial charge in [-0.1, -0.05) is 23.4 Å². The summed E-state index contributed by atoms with van der Waals surface area (Å²) in [5.41, 5.74) is 6.35. The lowest BCUT2D eigenvalue weighted by Crippen LogP contribution is -2.11. The standard InChI is InChI=1S/C14H10ClFN2OS/c15-11-8-10(3-4-12(11)16)18-14(19)13-9(2-1-6-17)5-7-20-13/h3-5,7-8H,6,17H2,(H,18,19). The molecule has 0 saturated carbocycles. The van der Waals surface area contributed by atoms with E-state index in [1.54, 1.807) is 11.4 Å². The lowest BCUT2D eigenvalue weighted by Gasteiger charge is -2.05. The lowest BCUT2D eigenvalue weighted by atomic mass is 10.2. The summed E-state index contributed by atoms with van der Waals surface area (Å²) in [5, 5.41) is 4.38. The number of nitrogens with one attached hydrogen (secondary N) is 1. The van der Waals surface area contributed by atoms with Crippen molar-refractivity contribution in [1.82, 2.24) is 0 Å². The Kier molecular flexibility index (Phi) is 4.74. The number of nitrogens with two attached hydrogens (primary N) is 1. The van der Waals surface area contributed by atoms with Crippen LogP contribution in [0.15, 0.2) is 29.6 Å². The molecule has 0 aliphatic carbocycles. The van der Waals surface area contributed by atoms with Gasteiger partial charge in [-0.05, 0) is 29.6 Å². The van der Waals surface area contributed by atoms with E-state index < -0.39 is 5.82 Å². The van der Waals surface area contributed by atoms with Crippen LogP contribution in [-0.2, 0) is 0 Å². The Balaban J connectivity index is 2.20. The third kappa shape index (κ3) is 3.36. The van der Waals surface area contributed by atoms with E-state index in [-0.39, 0.29) is 17.5 Å². The summed E-state index contributed by atoms with van der Waals surface area (Å²) >= 11 is 6.93. The Morgan fingerprint density at radius 2 is 2.25 bits per heavy atom. The van der Waals surface area contributed by atoms with Gasteiger partial charge in [0.1, 0.15) is 10.7 Å². The maximum atomic E-state index is 13.0. The van der Waals surface area contributed by atoms with E-state index in [0.717, 1.165) is 0 Å². The summed E-state index contributed by atoms with van der Waals surface area (Å²) in [5.74, 6) is 4.68. The first-order chi connectivity index (χ1) is 9.61. The third-order valence-corrected chi connectivity index (χ3v) is 3.58. The first-order valence-corrected chi connectivity index (χ1v) is 6.90. The highest BCUT2D eigenvalue weighted by Gasteiger charge is 2.12. The van der Waals surface area contributed by atoms with Crippen LogP contribution in [0.2, 0.25) is 5.02 Å². The van der Waals surface area contributed by atoms with Gasteiger partial charge < -0.3 is 11.1 Å². The largest absolute Gasteiger partial charge is 0.321 e. The minimum atomic E-state index is -0.532. The van der Waals surface area contributed by atoms with Crippen LogP contribution in [0.1, 0.15) is 15.2 Å². The maximum absolute atomic E-state index is 13.0. The molecule has 1 aromatic carbocycles. The summed E-state index contributed by atoms with van der Waals surface area (Å²) < 4.78 is 13.0. The number of carbonyl (C=O) groups excluding carboxylic acids is 1. The topological polar surface area (TPSA) is 55.1 Å². The predicted molar refractivity (Wildman–Crippen MR) is 79.6 cm³/mol. The minimum Gasteiger partial charge on any atom is -0.321 e. The molecule has 0 fully saturated rings. The molecule has 0 aliphatic rings. The molecule has 1 amide bonds. The van der Waals surface area contributed by atoms with Crippen LogP contribution in [0.4, 0.5) is 10.1 Å². The highest BCUT2D eigenvalue weighted by molar-refractivity contribution is 7.12. The molecular formula is C14H10ClFN2OS. The SMILES string of the molecule is NCC#Cc1ccsc1C(=O)Nc1ccc(F)c(Cl)c1. The third-order valence-electron chi connectivity index (χ3n) is 2.37. The summed E-state index contributed by atoms with van der Waals surface area (Å²) in [4.78, 5) is 12.6. The second kappa shape index (κ2) is 6.53. The van der Waals surface area contributed by atoms with Crippen LogP contribution in [0.3, 0.4) is 0 Å². The molecule has 3 N–H and O–H groups in total. The number of rotatable bonds is 2. The summed E-state index contributed by atoms with van der Waals surface area (Å²) in [7, 11) is 0. The van der Waals surface area contributed by atoms with E-state index in [2.05, 4.69) is 17.2 Å². The fraction of sp³-hybridized carbons (Fsp3) is 0.0714. The normalized spacial score (nSPS) is 9.75. The van der Waals surface area contributed by atoms with Gasteiger partial charge in [-0.2, -0.15) is 0 Å². The summed E-state index contributed by atoms with van der Waals surface area (Å²) in [6, 6.07) is 5.74. The second-order valence-electron chi connectivity index (χ2n) is 3.75. The second-order valence-corrected chi connectivity index (χ2v) is 5.08. The van der Waals surface area contributed by atoms with Gasteiger partial charge >= 0.3 is 0 Å². The van der Waals surface area contributed by atoms with Crippen molar-refractivity contribution in [2.24, 2.45) is 5.73 Å². The highest BCUT2D eigenvalue weighted by atomic mass is 35.5. The summed E-state index contributed by atoms with van der Waals surface area (Å²) in [6.45, 7) is 0.227. The van der Waals surface area contributed by atoms with Crippen molar-refractivity contribution in [1.29, 1.82) is 0 Å². The van der Waals surface area contributed by atoms with E-state index in [9.17, 15) is 9.18 Å². The smallest absolute Gasteiger partial charge is 0.267 e. The minimum absolute atomic E-state index is 0.0443. The van der Waals surface area contributed by atoms with Gasteiger partial charge in [0.2, 0.25) is 0 Å². The average molecular weight is 309 g/mol. The molecule has 0 aliphatic heterocycles. The Morgan fingerprint density at radius 3 is 2.95 bits per heavy atom. The van der Waals surface area contributed by atoms with E-state index >= 15 is 0 Å². The van der Waals surface area contributed by atoms with Crippen molar-refractivity contribution in [3.05, 3.63) is 50.9 Å². The summed E-state index contributed by atoms with van der Waals surface area (Å²) in [6.07, 6.45) is 0. The Morgan fingerprint density at radius 1 is 1.45 bits per heavy atom. The number of carbonyl (C=O) groups is 1. The Labute approximate surface area is 124 Å². The molecule has 2 aromatic rings. The van der Waals surface area contributed by atoms with E-state index in [4.69, 9.17) is 17.3 Å². The van der Waals surface area contributed by atoms with Gasteiger partial charge in [0.25, 0.3) is 5.91 Å². The molecule has 2 rings (SSSR count). The predicted octanol–water partition coefficient (Wildman–Crippen LogP) is 3.10. The van der Waals surface area contributed by atoms with Gasteiger partial charge in [0.15, 0.2) is 0 Å². The molecule has 0 unspecified atom stereocenters. The highest BCUT2D eigenvalue weighted by Crippen LogP contribution is 2.22. The molecule has 102 valence electrons. The molecule has 20 heavy (non-hydrogen) atoms. The van der Waals surface area contributed by atoms with Crippen molar-refractivity contribution in [3.8, 4) is 11.8 Å².